The van der Waals surface area contributed by atoms with Crippen molar-refractivity contribution < 1.29 is 42.3 Å². The van der Waals surface area contributed by atoms with Crippen molar-refractivity contribution in [3.63, 3.8) is 0 Å². The molecule has 11 heteroatoms. The number of aliphatic carboxylic acids is 1. The maximum Gasteiger partial charge on any atom is 1.00 e. The smallest absolute Gasteiger partial charge is 0.548 e. The zero-order valence-electron chi connectivity index (χ0n) is 16.5. The Balaban J connectivity index is 0.00000256. The number of nitrogens with zero attached hydrogens (tertiary/aromatic N) is 4. The summed E-state index contributed by atoms with van der Waals surface area (Å²) in [6.07, 6.45) is 3.28. The summed E-state index contributed by atoms with van der Waals surface area (Å²) in [7, 11) is 0. The molecule has 0 aromatic carbocycles. The third-order valence-corrected chi connectivity index (χ3v) is 6.17. The van der Waals surface area contributed by atoms with Gasteiger partial charge in [0, 0.05) is 30.8 Å². The maximum absolute atomic E-state index is 13.1. The molecule has 2 fully saturated rings. The maximum atomic E-state index is 13.1. The molecule has 1 aliphatic heterocycles. The Bertz CT molecular complexity index is 988. The van der Waals surface area contributed by atoms with Gasteiger partial charge in [-0.3, -0.25) is 4.79 Å². The van der Waals surface area contributed by atoms with Crippen LogP contribution in [0.2, 0.25) is 5.15 Å². The fraction of sp³-hybridized carbons (Fsp3) is 0.474. The van der Waals surface area contributed by atoms with E-state index in [-0.39, 0.29) is 43.7 Å². The number of aromatic nitrogens is 3. The van der Waals surface area contributed by atoms with Crippen LogP contribution in [0, 0.1) is 12.3 Å². The summed E-state index contributed by atoms with van der Waals surface area (Å²) in [6, 6.07) is 2.30. The van der Waals surface area contributed by atoms with Crippen molar-refractivity contribution in [3.8, 4) is 0 Å². The summed E-state index contributed by atoms with van der Waals surface area (Å²) >= 11 is 5.91. The van der Waals surface area contributed by atoms with Gasteiger partial charge in [0.15, 0.2) is 0 Å². The molecular weight excluding hydrogens is 413 g/mol. The number of carbonyl (C=O) groups excluding carboxylic acids is 2. The number of amides is 1. The fourth-order valence-corrected chi connectivity index (χ4v) is 4.57. The molecule has 0 unspecified atom stereocenters. The molecule has 30 heavy (non-hydrogen) atoms. The topological polar surface area (TPSA) is 91.2 Å². The molecule has 3 heterocycles. The summed E-state index contributed by atoms with van der Waals surface area (Å²) in [5, 5.41) is 15.6. The van der Waals surface area contributed by atoms with Crippen molar-refractivity contribution in [3.05, 3.63) is 46.5 Å². The van der Waals surface area contributed by atoms with Gasteiger partial charge in [0.25, 0.3) is 0 Å². The van der Waals surface area contributed by atoms with Crippen LogP contribution in [0.1, 0.15) is 42.1 Å². The van der Waals surface area contributed by atoms with Gasteiger partial charge in [-0.2, -0.15) is 13.9 Å². The van der Waals surface area contributed by atoms with Gasteiger partial charge in [-0.05, 0) is 37.0 Å². The molecule has 154 valence electrons. The van der Waals surface area contributed by atoms with Gasteiger partial charge in [0.05, 0.1) is 23.6 Å². The Morgan fingerprint density at radius 3 is 2.77 bits per heavy atom. The Morgan fingerprint density at radius 2 is 2.17 bits per heavy atom. The van der Waals surface area contributed by atoms with Crippen LogP contribution in [0.4, 0.5) is 8.78 Å². The van der Waals surface area contributed by atoms with Crippen molar-refractivity contribution in [2.45, 2.75) is 44.7 Å². The quantitative estimate of drug-likeness (QED) is 0.420. The molecule has 2 aromatic rings. The fourth-order valence-electron chi connectivity index (χ4n) is 4.38. The third-order valence-electron chi connectivity index (χ3n) is 5.96. The molecular formula is C19H18ClF2LiN4O3. The minimum atomic E-state index is -2.81. The average Bonchev–Trinajstić information content (AvgIpc) is 3.01. The molecule has 0 N–H and O–H groups in total. The Kier molecular flexibility index (Phi) is 6.28. The van der Waals surface area contributed by atoms with Crippen LogP contribution in [0.3, 0.4) is 0 Å². The Morgan fingerprint density at radius 1 is 1.43 bits per heavy atom. The SMILES string of the molecule is Cc1nc(Cl)ccc1[C@H]1C[C@@]12CCN([C@H](Cc1cnn(C(F)F)c1)C(=O)[O-])C2=O.[Li+]. The molecule has 1 aliphatic carbocycles. The minimum absolute atomic E-state index is 0. The summed E-state index contributed by atoms with van der Waals surface area (Å²) < 4.78 is 25.9. The third kappa shape index (κ3) is 3.86. The van der Waals surface area contributed by atoms with E-state index in [9.17, 15) is 23.5 Å². The van der Waals surface area contributed by atoms with Gasteiger partial charge in [-0.25, -0.2) is 9.67 Å². The first-order valence-electron chi connectivity index (χ1n) is 9.19. The molecule has 0 bridgehead atoms. The predicted octanol–water partition coefficient (Wildman–Crippen LogP) is -1.29. The molecule has 1 saturated heterocycles. The van der Waals surface area contributed by atoms with E-state index in [1.807, 2.05) is 13.0 Å². The van der Waals surface area contributed by atoms with E-state index < -0.39 is 24.0 Å². The average molecular weight is 431 g/mol. The first-order chi connectivity index (χ1) is 13.7. The monoisotopic (exact) mass is 430 g/mol. The van der Waals surface area contributed by atoms with E-state index in [0.29, 0.717) is 28.2 Å². The van der Waals surface area contributed by atoms with E-state index in [1.165, 1.54) is 11.1 Å². The zero-order chi connectivity index (χ0) is 20.9. The van der Waals surface area contributed by atoms with Crippen molar-refractivity contribution in [1.82, 2.24) is 19.7 Å². The number of carboxylic acids is 1. The van der Waals surface area contributed by atoms with Gasteiger partial charge in [0.1, 0.15) is 5.15 Å². The van der Waals surface area contributed by atoms with E-state index in [4.69, 9.17) is 11.6 Å². The van der Waals surface area contributed by atoms with E-state index in [2.05, 4.69) is 10.1 Å². The predicted molar refractivity (Wildman–Crippen MR) is 96.1 cm³/mol. The first-order valence-corrected chi connectivity index (χ1v) is 9.57. The Labute approximate surface area is 188 Å². The zero-order valence-corrected chi connectivity index (χ0v) is 17.3. The van der Waals surface area contributed by atoms with Gasteiger partial charge >= 0.3 is 25.4 Å². The summed E-state index contributed by atoms with van der Waals surface area (Å²) in [5.74, 6) is -1.69. The largest absolute Gasteiger partial charge is 1.00 e. The van der Waals surface area contributed by atoms with Crippen LogP contribution in [-0.2, 0) is 16.0 Å². The summed E-state index contributed by atoms with van der Waals surface area (Å²) in [6.45, 7) is -0.711. The van der Waals surface area contributed by atoms with Crippen LogP contribution in [0.5, 0.6) is 0 Å². The first kappa shape index (κ1) is 22.7. The number of likely N-dealkylation sites (tertiary alicyclic amines) is 1. The number of carbonyl (C=O) groups is 2. The number of carboxylic acid groups (broad SMARTS) is 1. The molecule has 0 radical (unpaired) electrons. The van der Waals surface area contributed by atoms with Crippen LogP contribution < -0.4 is 24.0 Å². The van der Waals surface area contributed by atoms with Crippen molar-refractivity contribution in [2.75, 3.05) is 6.54 Å². The second kappa shape index (κ2) is 8.29. The van der Waals surface area contributed by atoms with Crippen LogP contribution in [0.15, 0.2) is 24.5 Å². The van der Waals surface area contributed by atoms with E-state index in [0.717, 1.165) is 17.5 Å². The molecule has 1 amide bonds. The van der Waals surface area contributed by atoms with Crippen molar-refractivity contribution in [2.24, 2.45) is 5.41 Å². The molecule has 2 aromatic heterocycles. The molecule has 7 nitrogen and oxygen atoms in total. The minimum Gasteiger partial charge on any atom is -0.548 e. The van der Waals surface area contributed by atoms with Crippen molar-refractivity contribution in [1.29, 1.82) is 0 Å². The summed E-state index contributed by atoms with van der Waals surface area (Å²) in [5.41, 5.74) is 1.36. The number of rotatable bonds is 6. The number of halogens is 3. The number of hydrogen-bond donors (Lipinski definition) is 0. The van der Waals surface area contributed by atoms with Crippen LogP contribution in [0.25, 0.3) is 0 Å². The van der Waals surface area contributed by atoms with Gasteiger partial charge in [-0.15, -0.1) is 0 Å². The van der Waals surface area contributed by atoms with Crippen LogP contribution in [-0.4, -0.2) is 44.1 Å². The molecule has 3 atom stereocenters. The molecule has 4 rings (SSSR count). The van der Waals surface area contributed by atoms with Gasteiger partial charge in [0.2, 0.25) is 5.91 Å². The van der Waals surface area contributed by atoms with Crippen LogP contribution >= 0.6 is 11.6 Å². The Hall–Kier alpha value is -1.95. The number of alkyl halides is 2. The number of aryl methyl sites for hydroxylation is 1. The normalized spacial score (nSPS) is 23.7. The van der Waals surface area contributed by atoms with E-state index >= 15 is 0 Å². The summed E-state index contributed by atoms with van der Waals surface area (Å²) in [4.78, 5) is 30.4. The van der Waals surface area contributed by atoms with Gasteiger partial charge in [-0.1, -0.05) is 17.7 Å². The molecule has 1 spiro atoms. The number of pyridine rings is 1. The number of hydrogen-bond acceptors (Lipinski definition) is 5. The van der Waals surface area contributed by atoms with Crippen molar-refractivity contribution >= 4 is 23.5 Å². The van der Waals surface area contributed by atoms with Gasteiger partial charge < -0.3 is 14.8 Å². The van der Waals surface area contributed by atoms with E-state index in [1.54, 1.807) is 6.07 Å². The second-order valence-corrected chi connectivity index (χ2v) is 8.00. The molecule has 2 aliphatic rings. The second-order valence-electron chi connectivity index (χ2n) is 7.62. The molecule has 1 saturated carbocycles. The standard InChI is InChI=1S/C19H19ClF2N4O3.Li/c1-10-12(2-3-15(20)24-10)13-7-19(13)4-5-25(17(19)29)14(16(27)28)6-11-8-23-26(9-11)18(21)22;/h2-3,8-9,13-14,18H,4-7H2,1H3,(H,27,28);/q;+1/p-1/t13-,14-,19+;/m1./s1.